The lowest BCUT2D eigenvalue weighted by molar-refractivity contribution is -0.126. The molecule has 1 amide bonds. The largest absolute Gasteiger partial charge is 0.472 e. The third-order valence-corrected chi connectivity index (χ3v) is 4.44. The van der Waals surface area contributed by atoms with Gasteiger partial charge in [-0.25, -0.2) is 9.97 Å². The van der Waals surface area contributed by atoms with Gasteiger partial charge in [-0.1, -0.05) is 24.8 Å². The second-order valence-corrected chi connectivity index (χ2v) is 6.43. The minimum atomic E-state index is -0.0980. The molecule has 1 saturated heterocycles. The van der Waals surface area contributed by atoms with Gasteiger partial charge in [0, 0.05) is 23.9 Å². The van der Waals surface area contributed by atoms with E-state index in [2.05, 4.69) is 26.7 Å². The minimum absolute atomic E-state index is 0.0238. The van der Waals surface area contributed by atoms with Crippen molar-refractivity contribution >= 4 is 16.7 Å². The van der Waals surface area contributed by atoms with Crippen LogP contribution in [0.15, 0.2) is 48.8 Å². The van der Waals surface area contributed by atoms with E-state index in [1.807, 2.05) is 30.3 Å². The molecule has 1 atom stereocenters. The van der Waals surface area contributed by atoms with E-state index in [9.17, 15) is 4.79 Å². The summed E-state index contributed by atoms with van der Waals surface area (Å²) in [5, 5.41) is 8.66. The van der Waals surface area contributed by atoms with Crippen molar-refractivity contribution in [2.45, 2.75) is 19.4 Å². The Morgan fingerprint density at radius 1 is 1.38 bits per heavy atom. The van der Waals surface area contributed by atoms with Gasteiger partial charge in [-0.3, -0.25) is 9.89 Å². The molecule has 2 aromatic heterocycles. The van der Waals surface area contributed by atoms with Gasteiger partial charge in [-0.15, -0.1) is 0 Å². The Labute approximate surface area is 150 Å². The van der Waals surface area contributed by atoms with Crippen molar-refractivity contribution < 1.29 is 9.53 Å². The van der Waals surface area contributed by atoms with Crippen LogP contribution in [-0.4, -0.2) is 50.2 Å². The number of hydrogen-bond acceptors (Lipinski definition) is 5. The Balaban J connectivity index is 1.64. The molecular formula is C19H19N5O2. The number of fused-ring (bicyclic) bond motifs is 1. The monoisotopic (exact) mass is 349 g/mol. The topological polar surface area (TPSA) is 84.0 Å². The first kappa shape index (κ1) is 16.3. The summed E-state index contributed by atoms with van der Waals surface area (Å²) in [7, 11) is 0. The van der Waals surface area contributed by atoms with Crippen LogP contribution in [0.4, 0.5) is 0 Å². The van der Waals surface area contributed by atoms with Crippen LogP contribution >= 0.6 is 0 Å². The first-order chi connectivity index (χ1) is 12.6. The maximum Gasteiger partial charge on any atom is 0.249 e. The first-order valence-electron chi connectivity index (χ1n) is 8.49. The number of H-pyrrole nitrogens is 1. The molecule has 0 radical (unpaired) electrons. The number of nitrogens with zero attached hydrogens (tertiary/aromatic N) is 4. The molecule has 0 aliphatic carbocycles. The molecule has 1 fully saturated rings. The Hall–Kier alpha value is -3.22. The van der Waals surface area contributed by atoms with E-state index in [1.165, 1.54) is 6.33 Å². The van der Waals surface area contributed by atoms with Crippen LogP contribution in [0.2, 0.25) is 0 Å². The maximum atomic E-state index is 12.1. The summed E-state index contributed by atoms with van der Waals surface area (Å²) in [4.78, 5) is 22.7. The molecule has 1 aliphatic heterocycles. The van der Waals surface area contributed by atoms with E-state index in [1.54, 1.807) is 11.8 Å². The van der Waals surface area contributed by atoms with Crippen LogP contribution in [0.25, 0.3) is 22.3 Å². The zero-order valence-corrected chi connectivity index (χ0v) is 14.5. The number of pyridine rings is 1. The van der Waals surface area contributed by atoms with Crippen molar-refractivity contribution in [2.24, 2.45) is 0 Å². The Bertz CT molecular complexity index is 967. The van der Waals surface area contributed by atoms with Crippen LogP contribution in [0.5, 0.6) is 5.88 Å². The van der Waals surface area contributed by atoms with Crippen molar-refractivity contribution in [1.29, 1.82) is 0 Å². The summed E-state index contributed by atoms with van der Waals surface area (Å²) in [5.74, 6) is 1.11. The third-order valence-electron chi connectivity index (χ3n) is 4.44. The molecule has 3 heterocycles. The van der Waals surface area contributed by atoms with Gasteiger partial charge in [0.05, 0.1) is 6.54 Å². The average Bonchev–Trinajstić information content (AvgIpc) is 3.33. The molecule has 1 N–H and O–H groups in total. The van der Waals surface area contributed by atoms with Crippen LogP contribution in [-0.2, 0) is 4.79 Å². The van der Waals surface area contributed by atoms with Gasteiger partial charge in [0.15, 0.2) is 5.82 Å². The van der Waals surface area contributed by atoms with Crippen molar-refractivity contribution in [3.05, 3.63) is 48.8 Å². The molecule has 1 aliphatic rings. The number of aromatic nitrogens is 4. The SMILES string of the molecule is C=C(C)C(=O)N1CCC(Oc2nc(-c3ncn[nH]3)cc3ccccc23)C1. The zero-order chi connectivity index (χ0) is 18.1. The van der Waals surface area contributed by atoms with Crippen molar-refractivity contribution in [1.82, 2.24) is 25.1 Å². The summed E-state index contributed by atoms with van der Waals surface area (Å²) < 4.78 is 6.19. The van der Waals surface area contributed by atoms with E-state index in [-0.39, 0.29) is 12.0 Å². The quantitative estimate of drug-likeness (QED) is 0.732. The number of aromatic amines is 1. The molecule has 7 heteroatoms. The fraction of sp³-hybridized carbons (Fsp3) is 0.263. The number of carbonyl (C=O) groups is 1. The van der Waals surface area contributed by atoms with E-state index in [0.29, 0.717) is 36.1 Å². The lowest BCUT2D eigenvalue weighted by atomic mass is 10.1. The van der Waals surface area contributed by atoms with Gasteiger partial charge in [-0.05, 0) is 24.4 Å². The second kappa shape index (κ2) is 6.59. The lowest BCUT2D eigenvalue weighted by Crippen LogP contribution is -2.31. The zero-order valence-electron chi connectivity index (χ0n) is 14.5. The van der Waals surface area contributed by atoms with Crippen molar-refractivity contribution in [2.75, 3.05) is 13.1 Å². The predicted octanol–water partition coefficient (Wildman–Crippen LogP) is 2.58. The van der Waals surface area contributed by atoms with Gasteiger partial charge in [0.2, 0.25) is 11.8 Å². The standard InChI is InChI=1S/C19H19N5O2/c1-12(2)19(25)24-8-7-14(10-24)26-18-15-6-4-3-5-13(15)9-16(22-18)17-20-11-21-23-17/h3-6,9,11,14H,1,7-8,10H2,2H3,(H,20,21,23). The van der Waals surface area contributed by atoms with Crippen molar-refractivity contribution in [3.63, 3.8) is 0 Å². The molecule has 26 heavy (non-hydrogen) atoms. The highest BCUT2D eigenvalue weighted by molar-refractivity contribution is 5.92. The van der Waals surface area contributed by atoms with Crippen LogP contribution in [0.3, 0.4) is 0 Å². The summed E-state index contributed by atoms with van der Waals surface area (Å²) in [5.41, 5.74) is 1.21. The van der Waals surface area contributed by atoms with Crippen LogP contribution in [0, 0.1) is 0 Å². The fourth-order valence-electron chi connectivity index (χ4n) is 3.14. The molecule has 1 aromatic carbocycles. The van der Waals surface area contributed by atoms with E-state index >= 15 is 0 Å². The Kier molecular flexibility index (Phi) is 4.12. The minimum Gasteiger partial charge on any atom is -0.472 e. The molecule has 4 rings (SSSR count). The second-order valence-electron chi connectivity index (χ2n) is 6.43. The third kappa shape index (κ3) is 3.03. The van der Waals surface area contributed by atoms with Crippen molar-refractivity contribution in [3.8, 4) is 17.4 Å². The molecule has 0 bridgehead atoms. The smallest absolute Gasteiger partial charge is 0.249 e. The van der Waals surface area contributed by atoms with Crippen LogP contribution < -0.4 is 4.74 Å². The lowest BCUT2D eigenvalue weighted by Gasteiger charge is -2.18. The molecule has 7 nitrogen and oxygen atoms in total. The average molecular weight is 349 g/mol. The van der Waals surface area contributed by atoms with E-state index in [4.69, 9.17) is 4.74 Å². The first-order valence-corrected chi connectivity index (χ1v) is 8.49. The number of benzene rings is 1. The van der Waals surface area contributed by atoms with Gasteiger partial charge >= 0.3 is 0 Å². The number of likely N-dealkylation sites (tertiary alicyclic amines) is 1. The van der Waals surface area contributed by atoms with Gasteiger partial charge in [0.25, 0.3) is 0 Å². The molecule has 0 saturated carbocycles. The number of amides is 1. The molecule has 132 valence electrons. The van der Waals surface area contributed by atoms with Crippen LogP contribution in [0.1, 0.15) is 13.3 Å². The normalized spacial score (nSPS) is 16.8. The highest BCUT2D eigenvalue weighted by Crippen LogP contribution is 2.29. The summed E-state index contributed by atoms with van der Waals surface area (Å²) >= 11 is 0. The fourth-order valence-corrected chi connectivity index (χ4v) is 3.14. The van der Waals surface area contributed by atoms with Gasteiger partial charge in [0.1, 0.15) is 18.1 Å². The highest BCUT2D eigenvalue weighted by atomic mass is 16.5. The van der Waals surface area contributed by atoms with Gasteiger partial charge < -0.3 is 9.64 Å². The summed E-state index contributed by atoms with van der Waals surface area (Å²) in [6.45, 7) is 6.66. The molecular weight excluding hydrogens is 330 g/mol. The summed E-state index contributed by atoms with van der Waals surface area (Å²) in [6, 6.07) is 9.87. The summed E-state index contributed by atoms with van der Waals surface area (Å²) in [6.07, 6.45) is 2.12. The van der Waals surface area contributed by atoms with E-state index in [0.717, 1.165) is 17.2 Å². The highest BCUT2D eigenvalue weighted by Gasteiger charge is 2.28. The predicted molar refractivity (Wildman–Crippen MR) is 97.5 cm³/mol. The number of rotatable bonds is 4. The number of nitrogens with one attached hydrogen (secondary N) is 1. The van der Waals surface area contributed by atoms with Gasteiger partial charge in [-0.2, -0.15) is 5.10 Å². The molecule has 1 unspecified atom stereocenters. The Morgan fingerprint density at radius 3 is 3.00 bits per heavy atom. The van der Waals surface area contributed by atoms with E-state index < -0.39 is 0 Å². The number of carbonyl (C=O) groups excluding carboxylic acids is 1. The number of hydrogen-bond donors (Lipinski definition) is 1. The molecule has 0 spiro atoms. The number of ether oxygens (including phenoxy) is 1. The maximum absolute atomic E-state index is 12.1. The Morgan fingerprint density at radius 2 is 2.23 bits per heavy atom. The molecule has 3 aromatic rings.